The van der Waals surface area contributed by atoms with Gasteiger partial charge in [-0.05, 0) is 83.8 Å². The molecule has 170 valence electrons. The van der Waals surface area contributed by atoms with Crippen LogP contribution in [0.5, 0.6) is 0 Å². The SMILES string of the molecule is C=C(/C=C\C=N)c1ccc(N(c2ccc(C)cc2)c2ccc(-c3ccncc3)cc2)cc1.CC. The Labute approximate surface area is 203 Å². The summed E-state index contributed by atoms with van der Waals surface area (Å²) in [4.78, 5) is 6.36. The maximum absolute atomic E-state index is 7.16. The van der Waals surface area contributed by atoms with E-state index in [1.54, 1.807) is 6.08 Å². The van der Waals surface area contributed by atoms with Crippen molar-refractivity contribution in [1.82, 2.24) is 4.98 Å². The average Bonchev–Trinajstić information content (AvgIpc) is 2.91. The Morgan fingerprint density at radius 2 is 1.21 bits per heavy atom. The summed E-state index contributed by atoms with van der Waals surface area (Å²) in [7, 11) is 0. The van der Waals surface area contributed by atoms with E-state index in [9.17, 15) is 0 Å². The summed E-state index contributed by atoms with van der Waals surface area (Å²) in [6, 6.07) is 29.5. The van der Waals surface area contributed by atoms with Crippen molar-refractivity contribution in [3.05, 3.63) is 127 Å². The smallest absolute Gasteiger partial charge is 0.0462 e. The molecular formula is C31H31N3. The molecule has 0 aliphatic carbocycles. The van der Waals surface area contributed by atoms with Gasteiger partial charge in [-0.15, -0.1) is 0 Å². The van der Waals surface area contributed by atoms with Crippen molar-refractivity contribution in [3.63, 3.8) is 0 Å². The van der Waals surface area contributed by atoms with Crippen LogP contribution in [0, 0.1) is 12.3 Å². The molecule has 4 aromatic rings. The van der Waals surface area contributed by atoms with Gasteiger partial charge in [0, 0.05) is 35.7 Å². The Balaban J connectivity index is 0.00000158. The molecule has 0 saturated carbocycles. The molecule has 0 unspecified atom stereocenters. The van der Waals surface area contributed by atoms with Gasteiger partial charge in [0.1, 0.15) is 0 Å². The summed E-state index contributed by atoms with van der Waals surface area (Å²) in [5.74, 6) is 0. The Kier molecular flexibility index (Phi) is 8.70. The molecule has 0 radical (unpaired) electrons. The molecule has 1 aromatic heterocycles. The molecule has 34 heavy (non-hydrogen) atoms. The molecule has 0 aliphatic heterocycles. The molecule has 0 bridgehead atoms. The van der Waals surface area contributed by atoms with E-state index < -0.39 is 0 Å². The van der Waals surface area contributed by atoms with E-state index in [0.717, 1.165) is 39.3 Å². The second-order valence-electron chi connectivity index (χ2n) is 7.55. The minimum Gasteiger partial charge on any atom is -0.311 e. The monoisotopic (exact) mass is 445 g/mol. The maximum Gasteiger partial charge on any atom is 0.0462 e. The first-order chi connectivity index (χ1) is 16.7. The van der Waals surface area contributed by atoms with Crippen LogP contribution in [0.3, 0.4) is 0 Å². The lowest BCUT2D eigenvalue weighted by Gasteiger charge is -2.26. The number of nitrogens with zero attached hydrogens (tertiary/aromatic N) is 2. The molecule has 3 heteroatoms. The first kappa shape index (κ1) is 24.4. The summed E-state index contributed by atoms with van der Waals surface area (Å²) in [5, 5.41) is 7.16. The molecule has 0 fully saturated rings. The summed E-state index contributed by atoms with van der Waals surface area (Å²) in [6.45, 7) is 10.2. The number of nitrogens with one attached hydrogen (secondary N) is 1. The molecule has 0 atom stereocenters. The second-order valence-corrected chi connectivity index (χ2v) is 7.55. The zero-order valence-electron chi connectivity index (χ0n) is 20.1. The Bertz CT molecular complexity index is 1220. The molecular weight excluding hydrogens is 414 g/mol. The van der Waals surface area contributed by atoms with Crippen LogP contribution < -0.4 is 4.90 Å². The van der Waals surface area contributed by atoms with Crippen LogP contribution in [-0.2, 0) is 0 Å². The van der Waals surface area contributed by atoms with Gasteiger partial charge in [-0.25, -0.2) is 0 Å². The van der Waals surface area contributed by atoms with Crippen LogP contribution in [0.25, 0.3) is 16.7 Å². The number of hydrogen-bond acceptors (Lipinski definition) is 3. The van der Waals surface area contributed by atoms with Gasteiger partial charge in [0.15, 0.2) is 0 Å². The highest BCUT2D eigenvalue weighted by Crippen LogP contribution is 2.36. The van der Waals surface area contributed by atoms with Crippen LogP contribution in [0.15, 0.2) is 116 Å². The standard InChI is InChI=1S/C29H25N3.C2H6/c1-22-5-11-27(12-6-22)32(28-13-7-24(8-14-28)23(2)4-3-19-30)29-15-9-25(10-16-29)26-17-20-31-21-18-26;1-2/h3-21,30H,2H2,1H3;1-2H3/b4-3-,30-19?;. The van der Waals surface area contributed by atoms with Crippen molar-refractivity contribution in [2.24, 2.45) is 0 Å². The number of aryl methyl sites for hydroxylation is 1. The third-order valence-electron chi connectivity index (χ3n) is 5.32. The number of pyridine rings is 1. The van der Waals surface area contributed by atoms with Gasteiger partial charge in [-0.3, -0.25) is 4.98 Å². The van der Waals surface area contributed by atoms with Gasteiger partial charge in [-0.2, -0.15) is 0 Å². The van der Waals surface area contributed by atoms with Crippen molar-refractivity contribution in [2.75, 3.05) is 4.90 Å². The quantitative estimate of drug-likeness (QED) is 0.228. The van der Waals surface area contributed by atoms with Crippen LogP contribution in [0.2, 0.25) is 0 Å². The highest BCUT2D eigenvalue weighted by Gasteiger charge is 2.13. The van der Waals surface area contributed by atoms with Gasteiger partial charge in [0.2, 0.25) is 0 Å². The van der Waals surface area contributed by atoms with E-state index in [1.807, 2.05) is 44.4 Å². The van der Waals surface area contributed by atoms with Gasteiger partial charge >= 0.3 is 0 Å². The second kappa shape index (κ2) is 12.1. The summed E-state index contributed by atoms with van der Waals surface area (Å²) < 4.78 is 0. The average molecular weight is 446 g/mol. The maximum atomic E-state index is 7.16. The normalized spacial score (nSPS) is 10.3. The van der Waals surface area contributed by atoms with Gasteiger partial charge < -0.3 is 10.3 Å². The summed E-state index contributed by atoms with van der Waals surface area (Å²) >= 11 is 0. The van der Waals surface area contributed by atoms with Gasteiger partial charge in [0.25, 0.3) is 0 Å². The Morgan fingerprint density at radius 1 is 0.735 bits per heavy atom. The van der Waals surface area contributed by atoms with Crippen LogP contribution in [0.1, 0.15) is 25.0 Å². The predicted molar refractivity (Wildman–Crippen MR) is 147 cm³/mol. The minimum atomic E-state index is 0.878. The van der Waals surface area contributed by atoms with Crippen molar-refractivity contribution < 1.29 is 0 Å². The number of rotatable bonds is 7. The number of aromatic nitrogens is 1. The highest BCUT2D eigenvalue weighted by molar-refractivity contribution is 5.82. The highest BCUT2D eigenvalue weighted by atomic mass is 15.1. The number of hydrogen-bond donors (Lipinski definition) is 1. The Morgan fingerprint density at radius 3 is 1.74 bits per heavy atom. The first-order valence-corrected chi connectivity index (χ1v) is 11.5. The lowest BCUT2D eigenvalue weighted by Crippen LogP contribution is -2.09. The van der Waals surface area contributed by atoms with E-state index in [4.69, 9.17) is 5.41 Å². The zero-order valence-corrected chi connectivity index (χ0v) is 20.1. The molecule has 1 heterocycles. The first-order valence-electron chi connectivity index (χ1n) is 11.5. The van der Waals surface area contributed by atoms with Crippen molar-refractivity contribution in [3.8, 4) is 11.1 Å². The van der Waals surface area contributed by atoms with Crippen molar-refractivity contribution in [2.45, 2.75) is 20.8 Å². The molecule has 1 N–H and O–H groups in total. The fourth-order valence-corrected chi connectivity index (χ4v) is 3.57. The van der Waals surface area contributed by atoms with Crippen LogP contribution >= 0.6 is 0 Å². The summed E-state index contributed by atoms with van der Waals surface area (Å²) in [5.41, 5.74) is 8.69. The molecule has 3 aromatic carbocycles. The van der Waals surface area contributed by atoms with Gasteiger partial charge in [0.05, 0.1) is 0 Å². The predicted octanol–water partition coefficient (Wildman–Crippen LogP) is 8.77. The molecule has 4 rings (SSSR count). The number of allylic oxidation sites excluding steroid dienone is 3. The van der Waals surface area contributed by atoms with Crippen LogP contribution in [-0.4, -0.2) is 11.2 Å². The molecule has 0 aliphatic rings. The van der Waals surface area contributed by atoms with Crippen molar-refractivity contribution in [1.29, 1.82) is 5.41 Å². The number of benzene rings is 3. The number of anilines is 3. The molecule has 3 nitrogen and oxygen atoms in total. The zero-order chi connectivity index (χ0) is 24.3. The van der Waals surface area contributed by atoms with E-state index in [1.165, 1.54) is 11.8 Å². The fraction of sp³-hybridized carbons (Fsp3) is 0.0968. The largest absolute Gasteiger partial charge is 0.311 e. The third-order valence-corrected chi connectivity index (χ3v) is 5.32. The topological polar surface area (TPSA) is 40.0 Å². The van der Waals surface area contributed by atoms with E-state index in [-0.39, 0.29) is 0 Å². The fourth-order valence-electron chi connectivity index (χ4n) is 3.57. The Hall–Kier alpha value is -4.24. The van der Waals surface area contributed by atoms with Crippen LogP contribution in [0.4, 0.5) is 17.1 Å². The third kappa shape index (κ3) is 5.96. The van der Waals surface area contributed by atoms with Crippen molar-refractivity contribution >= 4 is 28.8 Å². The minimum absolute atomic E-state index is 0.878. The summed E-state index contributed by atoms with van der Waals surface area (Å²) in [6.07, 6.45) is 8.41. The molecule has 0 amide bonds. The molecule has 0 saturated heterocycles. The van der Waals surface area contributed by atoms with E-state index in [0.29, 0.717) is 0 Å². The molecule has 0 spiro atoms. The van der Waals surface area contributed by atoms with E-state index in [2.05, 4.69) is 96.2 Å². The lowest BCUT2D eigenvalue weighted by molar-refractivity contribution is 1.27. The van der Waals surface area contributed by atoms with Gasteiger partial charge in [-0.1, -0.05) is 68.5 Å². The van der Waals surface area contributed by atoms with E-state index >= 15 is 0 Å². The lowest BCUT2D eigenvalue weighted by atomic mass is 10.0.